The van der Waals surface area contributed by atoms with Crippen LogP contribution in [0, 0.1) is 12.9 Å². The lowest BCUT2D eigenvalue weighted by Gasteiger charge is -2.24. The number of carbonyl (C=O) groups is 1. The summed E-state index contributed by atoms with van der Waals surface area (Å²) in [5.74, 6) is -1.33. The minimum Gasteiger partial charge on any atom is -0.377 e. The van der Waals surface area contributed by atoms with Gasteiger partial charge in [-0.25, -0.2) is 9.78 Å². The van der Waals surface area contributed by atoms with Crippen molar-refractivity contribution in [1.82, 2.24) is 25.9 Å². The molecule has 2 aromatic carbocycles. The van der Waals surface area contributed by atoms with Crippen molar-refractivity contribution < 1.29 is 19.3 Å². The van der Waals surface area contributed by atoms with Gasteiger partial charge in [-0.1, -0.05) is 48.0 Å². The van der Waals surface area contributed by atoms with Crippen LogP contribution in [0.2, 0.25) is 5.02 Å². The Kier molecular flexibility index (Phi) is 7.79. The highest BCUT2D eigenvalue weighted by Gasteiger charge is 2.32. The first-order valence-electron chi connectivity index (χ1n) is 13.5. The smallest absolute Gasteiger partial charge is 0.344 e. The maximum Gasteiger partial charge on any atom is 0.344 e. The monoisotopic (exact) mass is 589 g/mol. The molecule has 0 saturated heterocycles. The lowest BCUT2D eigenvalue weighted by atomic mass is 10.0. The van der Waals surface area contributed by atoms with E-state index in [0.29, 0.717) is 22.3 Å². The van der Waals surface area contributed by atoms with Gasteiger partial charge in [-0.05, 0) is 54.7 Å². The number of pyridine rings is 2. The van der Waals surface area contributed by atoms with Crippen molar-refractivity contribution in [3.63, 3.8) is 0 Å². The van der Waals surface area contributed by atoms with Gasteiger partial charge in [0.2, 0.25) is 5.95 Å². The Hall–Kier alpha value is -4.45. The van der Waals surface area contributed by atoms with E-state index in [0.717, 1.165) is 46.3 Å². The third kappa shape index (κ3) is 5.94. The van der Waals surface area contributed by atoms with E-state index in [1.807, 2.05) is 54.5 Å². The quantitative estimate of drug-likeness (QED) is 0.0884. The highest BCUT2D eigenvalue weighted by atomic mass is 35.5. The molecule has 2 aromatic heterocycles. The molecule has 1 aliphatic carbocycles. The van der Waals surface area contributed by atoms with Gasteiger partial charge >= 0.3 is 5.97 Å². The summed E-state index contributed by atoms with van der Waals surface area (Å²) >= 11 is 6.78. The second kappa shape index (κ2) is 11.8. The highest BCUT2D eigenvalue weighted by Crippen LogP contribution is 2.38. The van der Waals surface area contributed by atoms with E-state index >= 15 is 0 Å². The highest BCUT2D eigenvalue weighted by molar-refractivity contribution is 6.35. The number of hydrogen-bond donors (Lipinski definition) is 5. The van der Waals surface area contributed by atoms with Crippen LogP contribution in [-0.2, 0) is 9.68 Å². The molecule has 2 aliphatic rings. The second-order valence-corrected chi connectivity index (χ2v) is 10.8. The summed E-state index contributed by atoms with van der Waals surface area (Å²) in [6.45, 7) is 1.91. The standard InChI is InChI=1S/C30H29ClFN7O3/c1-17-14-34-30-22(28(17)36-24(13-27(40)42-41)18-5-3-2-4-6-18)11-20(12-23(30)31)35-29(19-7-10-26(32)33-15-19)25-16-39(38-37-25)21-8-9-21/h2-7,10-12,14-16,21,24,29,35,37-38,41H,8-9,13H2,1H3,(H,34,36)/t24?,29-/m1/s1. The van der Waals surface area contributed by atoms with Crippen LogP contribution in [0.1, 0.15) is 48.0 Å². The minimum absolute atomic E-state index is 0.112. The molecule has 5 N–H and O–H groups in total. The van der Waals surface area contributed by atoms with Crippen LogP contribution in [0.4, 0.5) is 15.8 Å². The Morgan fingerprint density at radius 1 is 1.14 bits per heavy atom. The number of carbonyl (C=O) groups excluding carboxylic acids is 1. The number of fused-ring (bicyclic) bond motifs is 1. The fourth-order valence-electron chi connectivity index (χ4n) is 5.05. The van der Waals surface area contributed by atoms with E-state index < -0.39 is 24.0 Å². The Labute approximate surface area is 246 Å². The molecule has 1 saturated carbocycles. The first kappa shape index (κ1) is 27.7. The van der Waals surface area contributed by atoms with Crippen LogP contribution in [0.3, 0.4) is 0 Å². The summed E-state index contributed by atoms with van der Waals surface area (Å²) in [7, 11) is 0. The average molecular weight is 590 g/mol. The van der Waals surface area contributed by atoms with Gasteiger partial charge in [-0.2, -0.15) is 9.65 Å². The summed E-state index contributed by atoms with van der Waals surface area (Å²) in [5, 5.41) is 19.2. The molecular weight excluding hydrogens is 561 g/mol. The number of nitrogens with one attached hydrogen (secondary N) is 4. The van der Waals surface area contributed by atoms with Gasteiger partial charge in [0, 0.05) is 41.4 Å². The first-order chi connectivity index (χ1) is 20.4. The van der Waals surface area contributed by atoms with Gasteiger partial charge in [0.15, 0.2) is 0 Å². The SMILES string of the molecule is Cc1cnc2c(Cl)cc(N[C@@H](C3=CN(C4CC4)NN3)c3ccc(F)nc3)cc2c1NC(CC(=O)OO)c1ccccc1. The number of aromatic nitrogens is 2. The van der Waals surface area contributed by atoms with Crippen LogP contribution in [0.5, 0.6) is 0 Å². The number of halogens is 2. The summed E-state index contributed by atoms with van der Waals surface area (Å²) in [6.07, 6.45) is 7.33. The maximum absolute atomic E-state index is 13.7. The van der Waals surface area contributed by atoms with E-state index in [4.69, 9.17) is 16.9 Å². The van der Waals surface area contributed by atoms with Gasteiger partial charge < -0.3 is 20.9 Å². The van der Waals surface area contributed by atoms with Crippen molar-refractivity contribution in [2.75, 3.05) is 10.6 Å². The van der Waals surface area contributed by atoms with Crippen LogP contribution < -0.4 is 21.6 Å². The Bertz CT molecular complexity index is 1630. The van der Waals surface area contributed by atoms with Crippen LogP contribution in [0.15, 0.2) is 78.9 Å². The lowest BCUT2D eigenvalue weighted by Crippen LogP contribution is -2.38. The number of hydrazine groups is 2. The van der Waals surface area contributed by atoms with E-state index in [1.54, 1.807) is 18.3 Å². The summed E-state index contributed by atoms with van der Waals surface area (Å²) in [6, 6.07) is 15.7. The predicted molar refractivity (Wildman–Crippen MR) is 157 cm³/mol. The molecule has 42 heavy (non-hydrogen) atoms. The molecule has 1 fully saturated rings. The van der Waals surface area contributed by atoms with Gasteiger partial charge in [0.1, 0.15) is 0 Å². The van der Waals surface area contributed by atoms with E-state index in [2.05, 4.69) is 36.4 Å². The molecule has 0 bridgehead atoms. The van der Waals surface area contributed by atoms with Crippen molar-refractivity contribution in [3.8, 4) is 0 Å². The van der Waals surface area contributed by atoms with Crippen LogP contribution in [-0.4, -0.2) is 32.2 Å². The molecule has 4 aromatic rings. The van der Waals surface area contributed by atoms with E-state index in [-0.39, 0.29) is 6.42 Å². The summed E-state index contributed by atoms with van der Waals surface area (Å²) in [4.78, 5) is 24.5. The topological polar surface area (TPSA) is 124 Å². The maximum atomic E-state index is 13.7. The van der Waals surface area contributed by atoms with E-state index in [1.165, 1.54) is 12.3 Å². The van der Waals surface area contributed by atoms with Crippen molar-refractivity contribution >= 4 is 39.8 Å². The average Bonchev–Trinajstić information content (AvgIpc) is 3.74. The van der Waals surface area contributed by atoms with Crippen molar-refractivity contribution in [1.29, 1.82) is 0 Å². The third-order valence-corrected chi connectivity index (χ3v) is 7.65. The molecule has 0 radical (unpaired) electrons. The molecule has 1 aliphatic heterocycles. The normalized spacial score (nSPS) is 16.0. The van der Waals surface area contributed by atoms with Crippen molar-refractivity contribution in [3.05, 3.63) is 107 Å². The number of hydrogen-bond acceptors (Lipinski definition) is 10. The second-order valence-electron chi connectivity index (χ2n) is 10.4. The minimum atomic E-state index is -0.769. The zero-order chi connectivity index (χ0) is 29.2. The summed E-state index contributed by atoms with van der Waals surface area (Å²) < 4.78 is 13.7. The molecule has 12 heteroatoms. The number of nitrogens with zero attached hydrogens (tertiary/aromatic N) is 3. The fourth-order valence-corrected chi connectivity index (χ4v) is 5.32. The Morgan fingerprint density at radius 2 is 1.95 bits per heavy atom. The molecule has 216 valence electrons. The number of aryl methyl sites for hydroxylation is 1. The van der Waals surface area contributed by atoms with Crippen LogP contribution >= 0.6 is 11.6 Å². The largest absolute Gasteiger partial charge is 0.377 e. The molecule has 10 nitrogen and oxygen atoms in total. The van der Waals surface area contributed by atoms with Gasteiger partial charge in [0.25, 0.3) is 0 Å². The third-order valence-electron chi connectivity index (χ3n) is 7.36. The molecule has 0 amide bonds. The van der Waals surface area contributed by atoms with E-state index in [9.17, 15) is 9.18 Å². The van der Waals surface area contributed by atoms with Gasteiger partial charge in [0.05, 0.1) is 34.7 Å². The molecule has 0 spiro atoms. The summed E-state index contributed by atoms with van der Waals surface area (Å²) in [5.41, 5.74) is 11.7. The molecule has 6 rings (SSSR count). The van der Waals surface area contributed by atoms with Crippen molar-refractivity contribution in [2.24, 2.45) is 0 Å². The van der Waals surface area contributed by atoms with Crippen LogP contribution in [0.25, 0.3) is 10.9 Å². The molecular formula is C30H29ClFN7O3. The molecule has 2 atom stereocenters. The fraction of sp³-hybridized carbons (Fsp3) is 0.233. The number of benzene rings is 2. The number of rotatable bonds is 10. The number of anilines is 2. The van der Waals surface area contributed by atoms with Gasteiger partial charge in [-0.3, -0.25) is 9.99 Å². The Morgan fingerprint density at radius 3 is 2.67 bits per heavy atom. The predicted octanol–water partition coefficient (Wildman–Crippen LogP) is 5.77. The lowest BCUT2D eigenvalue weighted by molar-refractivity contribution is -0.234. The Balaban J connectivity index is 1.39. The van der Waals surface area contributed by atoms with Gasteiger partial charge in [-0.15, -0.1) is 5.53 Å². The molecule has 3 heterocycles. The first-order valence-corrected chi connectivity index (χ1v) is 13.9. The molecule has 1 unspecified atom stereocenters. The zero-order valence-electron chi connectivity index (χ0n) is 22.6. The zero-order valence-corrected chi connectivity index (χ0v) is 23.4. The van der Waals surface area contributed by atoms with Crippen molar-refractivity contribution in [2.45, 2.75) is 44.3 Å².